The molecule has 0 N–H and O–H groups in total. The van der Waals surface area contributed by atoms with Crippen LogP contribution in [0.25, 0.3) is 0 Å². The summed E-state index contributed by atoms with van der Waals surface area (Å²) < 4.78 is 1.03. The molecule has 28 heavy (non-hydrogen) atoms. The number of amides is 2. The first-order valence-corrected chi connectivity index (χ1v) is 11.6. The van der Waals surface area contributed by atoms with Gasteiger partial charge in [-0.2, -0.15) is 0 Å². The van der Waals surface area contributed by atoms with Gasteiger partial charge >= 0.3 is 0 Å². The van der Waals surface area contributed by atoms with Gasteiger partial charge in [0.1, 0.15) is 0 Å². The fourth-order valence-corrected chi connectivity index (χ4v) is 7.02. The fraction of sp³-hybridized carbons (Fsp3) is 0.652. The van der Waals surface area contributed by atoms with Crippen molar-refractivity contribution in [3.8, 4) is 0 Å². The van der Waals surface area contributed by atoms with Crippen LogP contribution in [0.5, 0.6) is 0 Å². The molecule has 4 saturated carbocycles. The summed E-state index contributed by atoms with van der Waals surface area (Å²) in [6.07, 6.45) is 7.92. The Bertz CT molecular complexity index is 732. The maximum atomic E-state index is 13.5. The first-order valence-electron chi connectivity index (χ1n) is 10.8. The lowest BCUT2D eigenvalue weighted by atomic mass is 9.49. The van der Waals surface area contributed by atoms with Crippen LogP contribution in [0.4, 0.5) is 0 Å². The highest BCUT2D eigenvalue weighted by atomic mass is 79.9. The van der Waals surface area contributed by atoms with Gasteiger partial charge in [-0.1, -0.05) is 28.1 Å². The van der Waals surface area contributed by atoms with Gasteiger partial charge in [0.2, 0.25) is 11.8 Å². The molecule has 5 fully saturated rings. The lowest BCUT2D eigenvalue weighted by molar-refractivity contribution is -0.160. The van der Waals surface area contributed by atoms with Gasteiger partial charge in [-0.15, -0.1) is 0 Å². The van der Waals surface area contributed by atoms with E-state index in [4.69, 9.17) is 0 Å². The Morgan fingerprint density at radius 3 is 1.89 bits per heavy atom. The van der Waals surface area contributed by atoms with Crippen LogP contribution in [0.15, 0.2) is 28.7 Å². The molecule has 4 aliphatic carbocycles. The van der Waals surface area contributed by atoms with E-state index >= 15 is 0 Å². The molecule has 0 atom stereocenters. The average Bonchev–Trinajstić information content (AvgIpc) is 2.68. The minimum atomic E-state index is -0.0572. The number of carbonyl (C=O) groups is 2. The first-order chi connectivity index (χ1) is 13.5. The molecule has 0 unspecified atom stereocenters. The number of hydrogen-bond acceptors (Lipinski definition) is 2. The van der Waals surface area contributed by atoms with Crippen molar-refractivity contribution in [2.24, 2.45) is 23.2 Å². The lowest BCUT2D eigenvalue weighted by Gasteiger charge is -2.57. The minimum absolute atomic E-state index is 0.0572. The van der Waals surface area contributed by atoms with E-state index in [1.807, 2.05) is 29.2 Å². The van der Waals surface area contributed by atoms with Crippen molar-refractivity contribution in [1.82, 2.24) is 9.80 Å². The normalized spacial score (nSPS) is 34.0. The van der Waals surface area contributed by atoms with Crippen LogP contribution in [0.2, 0.25) is 0 Å². The zero-order chi connectivity index (χ0) is 19.3. The van der Waals surface area contributed by atoms with E-state index in [9.17, 15) is 9.59 Å². The first kappa shape index (κ1) is 18.7. The lowest BCUT2D eigenvalue weighted by Crippen LogP contribution is -2.58. The summed E-state index contributed by atoms with van der Waals surface area (Å²) >= 11 is 3.43. The van der Waals surface area contributed by atoms with Gasteiger partial charge in [0, 0.05) is 30.7 Å². The number of rotatable bonds is 3. The quantitative estimate of drug-likeness (QED) is 0.709. The van der Waals surface area contributed by atoms with Gasteiger partial charge < -0.3 is 9.80 Å². The molecule has 5 aliphatic rings. The molecule has 1 aromatic carbocycles. The van der Waals surface area contributed by atoms with Gasteiger partial charge in [0.15, 0.2) is 0 Å². The van der Waals surface area contributed by atoms with Crippen LogP contribution in [-0.2, 0) is 16.0 Å². The highest BCUT2D eigenvalue weighted by Gasteiger charge is 2.55. The molecule has 2 amide bonds. The summed E-state index contributed by atoms with van der Waals surface area (Å²) in [6.45, 7) is 2.75. The summed E-state index contributed by atoms with van der Waals surface area (Å²) in [5.41, 5.74) is 0.985. The fourth-order valence-electron chi connectivity index (χ4n) is 6.76. The molecule has 6 rings (SSSR count). The van der Waals surface area contributed by atoms with Crippen molar-refractivity contribution in [2.75, 3.05) is 26.2 Å². The van der Waals surface area contributed by atoms with Crippen molar-refractivity contribution < 1.29 is 9.59 Å². The Kier molecular flexibility index (Phi) is 4.77. The van der Waals surface area contributed by atoms with Crippen LogP contribution >= 0.6 is 15.9 Å². The van der Waals surface area contributed by atoms with E-state index in [0.717, 1.165) is 47.1 Å². The highest BCUT2D eigenvalue weighted by Crippen LogP contribution is 2.60. The molecule has 1 aliphatic heterocycles. The van der Waals surface area contributed by atoms with Crippen LogP contribution in [0, 0.1) is 23.2 Å². The van der Waals surface area contributed by atoms with Crippen LogP contribution in [0.1, 0.15) is 44.1 Å². The van der Waals surface area contributed by atoms with Gasteiger partial charge in [-0.25, -0.2) is 0 Å². The number of piperazine rings is 1. The van der Waals surface area contributed by atoms with Crippen LogP contribution < -0.4 is 0 Å². The van der Waals surface area contributed by atoms with Crippen LogP contribution in [0.3, 0.4) is 0 Å². The summed E-state index contributed by atoms with van der Waals surface area (Å²) in [5, 5.41) is 0. The molecule has 0 spiro atoms. The molecule has 1 saturated heterocycles. The maximum absolute atomic E-state index is 13.5. The topological polar surface area (TPSA) is 40.6 Å². The van der Waals surface area contributed by atoms with Gasteiger partial charge in [-0.3, -0.25) is 9.59 Å². The van der Waals surface area contributed by atoms with Crippen molar-refractivity contribution in [3.63, 3.8) is 0 Å². The second-order valence-electron chi connectivity index (χ2n) is 9.67. The Morgan fingerprint density at radius 2 is 1.36 bits per heavy atom. The molecular formula is C23H29BrN2O2. The molecule has 1 aromatic rings. The van der Waals surface area contributed by atoms with E-state index in [1.54, 1.807) is 0 Å². The Hall–Kier alpha value is -1.36. The summed E-state index contributed by atoms with van der Waals surface area (Å²) in [4.78, 5) is 30.1. The van der Waals surface area contributed by atoms with Gasteiger partial charge in [-0.05, 0) is 74.0 Å². The predicted octanol–water partition coefficient (Wildman–Crippen LogP) is 3.88. The minimum Gasteiger partial charge on any atom is -0.339 e. The Labute approximate surface area is 175 Å². The molecule has 150 valence electrons. The average molecular weight is 445 g/mol. The molecule has 5 heteroatoms. The van der Waals surface area contributed by atoms with Crippen molar-refractivity contribution >= 4 is 27.7 Å². The highest BCUT2D eigenvalue weighted by molar-refractivity contribution is 9.10. The molecule has 4 nitrogen and oxygen atoms in total. The van der Waals surface area contributed by atoms with E-state index in [0.29, 0.717) is 38.5 Å². The van der Waals surface area contributed by atoms with Gasteiger partial charge in [0.05, 0.1) is 11.8 Å². The maximum Gasteiger partial charge on any atom is 0.228 e. The van der Waals surface area contributed by atoms with E-state index < -0.39 is 0 Å². The van der Waals surface area contributed by atoms with Crippen molar-refractivity contribution in [3.05, 3.63) is 34.3 Å². The molecule has 1 heterocycles. The predicted molar refractivity (Wildman–Crippen MR) is 112 cm³/mol. The van der Waals surface area contributed by atoms with E-state index in [-0.39, 0.29) is 11.3 Å². The van der Waals surface area contributed by atoms with Crippen molar-refractivity contribution in [2.45, 2.75) is 44.9 Å². The van der Waals surface area contributed by atoms with Crippen molar-refractivity contribution in [1.29, 1.82) is 0 Å². The summed E-state index contributed by atoms with van der Waals surface area (Å²) in [6, 6.07) is 7.94. The molecular weight excluding hydrogens is 416 g/mol. The molecule has 4 bridgehead atoms. The number of carbonyl (C=O) groups excluding carboxylic acids is 2. The largest absolute Gasteiger partial charge is 0.339 e. The third-order valence-corrected chi connectivity index (χ3v) is 8.21. The Balaban J connectivity index is 1.18. The second kappa shape index (κ2) is 7.16. The number of benzene rings is 1. The number of hydrogen-bond donors (Lipinski definition) is 0. The van der Waals surface area contributed by atoms with Crippen LogP contribution in [-0.4, -0.2) is 47.8 Å². The zero-order valence-corrected chi connectivity index (χ0v) is 18.0. The zero-order valence-electron chi connectivity index (χ0n) is 16.4. The van der Waals surface area contributed by atoms with E-state index in [2.05, 4.69) is 20.8 Å². The number of nitrogens with zero attached hydrogens (tertiary/aromatic N) is 2. The monoisotopic (exact) mass is 444 g/mol. The Morgan fingerprint density at radius 1 is 0.857 bits per heavy atom. The number of halogens is 1. The summed E-state index contributed by atoms with van der Waals surface area (Å²) in [7, 11) is 0. The van der Waals surface area contributed by atoms with Gasteiger partial charge in [0.25, 0.3) is 0 Å². The molecule has 0 radical (unpaired) electrons. The smallest absolute Gasteiger partial charge is 0.228 e. The second-order valence-corrected chi connectivity index (χ2v) is 10.6. The third-order valence-electron chi connectivity index (χ3n) is 7.68. The summed E-state index contributed by atoms with van der Waals surface area (Å²) in [5.74, 6) is 2.97. The molecule has 0 aromatic heterocycles. The van der Waals surface area contributed by atoms with E-state index in [1.165, 1.54) is 19.3 Å². The third kappa shape index (κ3) is 3.40. The SMILES string of the molecule is O=C(Cc1ccc(Br)cc1)N1CCN(C(=O)C23CC4CC(CC(C4)C2)C3)CC1. The standard InChI is InChI=1S/C23H29BrN2O2/c24-20-3-1-16(2-4-20)12-21(27)25-5-7-26(8-6-25)22(28)23-13-17-9-18(14-23)11-19(10-17)15-23/h1-4,17-19H,5-15H2.